The molecule has 0 aliphatic carbocycles. The minimum absolute atomic E-state index is 0.251. The van der Waals surface area contributed by atoms with Crippen LogP contribution in [-0.2, 0) is 6.54 Å². The van der Waals surface area contributed by atoms with Crippen molar-refractivity contribution in [2.75, 3.05) is 6.54 Å². The lowest BCUT2D eigenvalue weighted by Crippen LogP contribution is -2.33. The molecule has 24 heavy (non-hydrogen) atoms. The summed E-state index contributed by atoms with van der Waals surface area (Å²) in [6, 6.07) is 16.6. The van der Waals surface area contributed by atoms with E-state index >= 15 is 0 Å². The van der Waals surface area contributed by atoms with Crippen molar-refractivity contribution in [2.24, 2.45) is 0 Å². The van der Waals surface area contributed by atoms with Gasteiger partial charge in [0.2, 0.25) is 0 Å². The molecule has 3 aromatic rings. The van der Waals surface area contributed by atoms with Gasteiger partial charge in [0.15, 0.2) is 0 Å². The van der Waals surface area contributed by atoms with Gasteiger partial charge in [-0.1, -0.05) is 47.7 Å². The average molecular weight is 318 g/mol. The van der Waals surface area contributed by atoms with Gasteiger partial charge in [0, 0.05) is 12.1 Å². The molecule has 2 heterocycles. The Labute approximate surface area is 138 Å². The second-order valence-corrected chi connectivity index (χ2v) is 5.54. The first-order valence-corrected chi connectivity index (χ1v) is 7.65. The van der Waals surface area contributed by atoms with E-state index in [0.29, 0.717) is 17.7 Å². The molecule has 6 heteroatoms. The smallest absolute Gasteiger partial charge is 0.261 e. The van der Waals surface area contributed by atoms with Crippen LogP contribution in [0.3, 0.4) is 0 Å². The molecule has 0 N–H and O–H groups in total. The fourth-order valence-electron chi connectivity index (χ4n) is 2.79. The zero-order valence-corrected chi connectivity index (χ0v) is 12.8. The summed E-state index contributed by atoms with van der Waals surface area (Å²) in [5, 5.41) is 8.20. The number of nitrogens with zero attached hydrogens (tertiary/aromatic N) is 4. The van der Waals surface area contributed by atoms with Gasteiger partial charge in [-0.3, -0.25) is 19.2 Å². The predicted molar refractivity (Wildman–Crippen MR) is 87.3 cm³/mol. The van der Waals surface area contributed by atoms with E-state index < -0.39 is 0 Å². The molecule has 0 spiro atoms. The second-order valence-electron chi connectivity index (χ2n) is 5.54. The second kappa shape index (κ2) is 5.73. The number of carbonyl (C=O) groups is 2. The molecule has 0 bridgehead atoms. The molecular weight excluding hydrogens is 304 g/mol. The Kier molecular flexibility index (Phi) is 3.42. The number of hydrogen-bond acceptors (Lipinski definition) is 4. The lowest BCUT2D eigenvalue weighted by Gasteiger charge is -2.13. The molecule has 0 fully saturated rings. The lowest BCUT2D eigenvalue weighted by molar-refractivity contribution is 0.0647. The molecule has 6 nitrogen and oxygen atoms in total. The maximum absolute atomic E-state index is 12.3. The molecule has 0 radical (unpaired) electrons. The molecule has 0 unspecified atom stereocenters. The molecule has 0 saturated heterocycles. The van der Waals surface area contributed by atoms with Crippen molar-refractivity contribution in [1.29, 1.82) is 0 Å². The van der Waals surface area contributed by atoms with Crippen molar-refractivity contribution >= 4 is 11.8 Å². The largest absolute Gasteiger partial charge is 0.272 e. The SMILES string of the molecule is O=C1c2ccccc2C(=O)N1CCn1cc(-c2ccccc2)nn1. The van der Waals surface area contributed by atoms with Gasteiger partial charge < -0.3 is 0 Å². The summed E-state index contributed by atoms with van der Waals surface area (Å²) in [4.78, 5) is 25.9. The van der Waals surface area contributed by atoms with Crippen LogP contribution in [-0.4, -0.2) is 38.3 Å². The van der Waals surface area contributed by atoms with Crippen molar-refractivity contribution in [3.05, 3.63) is 71.9 Å². The van der Waals surface area contributed by atoms with Gasteiger partial charge >= 0.3 is 0 Å². The molecule has 0 atom stereocenters. The standard InChI is InChI=1S/C18H14N4O2/c23-17-14-8-4-5-9-15(14)18(24)22(17)11-10-21-12-16(19-20-21)13-6-2-1-3-7-13/h1-9,12H,10-11H2. The van der Waals surface area contributed by atoms with Crippen LogP contribution in [0.1, 0.15) is 20.7 Å². The van der Waals surface area contributed by atoms with Crippen LogP contribution in [0, 0.1) is 0 Å². The van der Waals surface area contributed by atoms with E-state index in [-0.39, 0.29) is 18.4 Å². The maximum atomic E-state index is 12.3. The molecule has 1 aliphatic heterocycles. The van der Waals surface area contributed by atoms with Crippen LogP contribution < -0.4 is 0 Å². The Morgan fingerprint density at radius 3 is 2.08 bits per heavy atom. The Morgan fingerprint density at radius 1 is 0.792 bits per heavy atom. The van der Waals surface area contributed by atoms with E-state index in [0.717, 1.165) is 11.3 Å². The summed E-state index contributed by atoms with van der Waals surface area (Å²) < 4.78 is 1.64. The van der Waals surface area contributed by atoms with Crippen molar-refractivity contribution < 1.29 is 9.59 Å². The summed E-state index contributed by atoms with van der Waals surface area (Å²) in [6.45, 7) is 0.676. The van der Waals surface area contributed by atoms with E-state index in [1.165, 1.54) is 4.90 Å². The van der Waals surface area contributed by atoms with E-state index in [1.54, 1.807) is 28.9 Å². The minimum Gasteiger partial charge on any atom is -0.272 e. The van der Waals surface area contributed by atoms with Crippen LogP contribution >= 0.6 is 0 Å². The van der Waals surface area contributed by atoms with Crippen molar-refractivity contribution in [1.82, 2.24) is 19.9 Å². The highest BCUT2D eigenvalue weighted by Gasteiger charge is 2.34. The highest BCUT2D eigenvalue weighted by atomic mass is 16.2. The lowest BCUT2D eigenvalue weighted by atomic mass is 10.1. The summed E-state index contributed by atoms with van der Waals surface area (Å²) in [5.41, 5.74) is 2.67. The molecule has 1 aliphatic rings. The number of benzene rings is 2. The van der Waals surface area contributed by atoms with E-state index in [9.17, 15) is 9.59 Å². The fraction of sp³-hybridized carbons (Fsp3) is 0.111. The number of hydrogen-bond donors (Lipinski definition) is 0. The van der Waals surface area contributed by atoms with Crippen LogP contribution in [0.25, 0.3) is 11.3 Å². The zero-order valence-electron chi connectivity index (χ0n) is 12.8. The zero-order chi connectivity index (χ0) is 16.5. The first-order valence-electron chi connectivity index (χ1n) is 7.65. The Hall–Kier alpha value is -3.28. The Bertz CT molecular complexity index is 883. The van der Waals surface area contributed by atoms with Crippen LogP contribution in [0.4, 0.5) is 0 Å². The monoisotopic (exact) mass is 318 g/mol. The number of carbonyl (C=O) groups excluding carboxylic acids is 2. The minimum atomic E-state index is -0.251. The summed E-state index contributed by atoms with van der Waals surface area (Å²) in [7, 11) is 0. The fourth-order valence-corrected chi connectivity index (χ4v) is 2.79. The van der Waals surface area contributed by atoms with Gasteiger partial charge in [-0.15, -0.1) is 5.10 Å². The van der Waals surface area contributed by atoms with E-state index in [2.05, 4.69) is 10.3 Å². The van der Waals surface area contributed by atoms with Gasteiger partial charge in [0.1, 0.15) is 5.69 Å². The maximum Gasteiger partial charge on any atom is 0.261 e. The number of amides is 2. The van der Waals surface area contributed by atoms with Crippen molar-refractivity contribution in [2.45, 2.75) is 6.54 Å². The highest BCUT2D eigenvalue weighted by molar-refractivity contribution is 6.21. The van der Waals surface area contributed by atoms with Crippen molar-refractivity contribution in [3.63, 3.8) is 0 Å². The van der Waals surface area contributed by atoms with E-state index in [1.807, 2.05) is 36.5 Å². The Morgan fingerprint density at radius 2 is 1.42 bits per heavy atom. The molecule has 2 aromatic carbocycles. The first-order chi connectivity index (χ1) is 11.7. The third-order valence-electron chi connectivity index (χ3n) is 4.04. The third kappa shape index (κ3) is 2.38. The average Bonchev–Trinajstić information content (AvgIpc) is 3.19. The molecule has 2 amide bonds. The van der Waals surface area contributed by atoms with Crippen LogP contribution in [0.5, 0.6) is 0 Å². The summed E-state index contributed by atoms with van der Waals surface area (Å²) >= 11 is 0. The summed E-state index contributed by atoms with van der Waals surface area (Å²) in [5.74, 6) is -0.502. The molecule has 1 aromatic heterocycles. The van der Waals surface area contributed by atoms with Gasteiger partial charge in [0.05, 0.1) is 23.9 Å². The summed E-state index contributed by atoms with van der Waals surface area (Å²) in [6.07, 6.45) is 1.81. The quantitative estimate of drug-likeness (QED) is 0.692. The molecule has 0 saturated carbocycles. The van der Waals surface area contributed by atoms with Gasteiger partial charge in [-0.25, -0.2) is 0 Å². The van der Waals surface area contributed by atoms with Gasteiger partial charge in [-0.2, -0.15) is 0 Å². The van der Waals surface area contributed by atoms with Crippen molar-refractivity contribution in [3.8, 4) is 11.3 Å². The number of aromatic nitrogens is 3. The number of imide groups is 1. The number of rotatable bonds is 4. The topological polar surface area (TPSA) is 68.1 Å². The third-order valence-corrected chi connectivity index (χ3v) is 4.04. The molecule has 118 valence electrons. The molecular formula is C18H14N4O2. The molecule has 4 rings (SSSR count). The van der Waals surface area contributed by atoms with Crippen LogP contribution in [0.2, 0.25) is 0 Å². The number of fused-ring (bicyclic) bond motifs is 1. The van der Waals surface area contributed by atoms with Gasteiger partial charge in [0.25, 0.3) is 11.8 Å². The first kappa shape index (κ1) is 14.3. The van der Waals surface area contributed by atoms with E-state index in [4.69, 9.17) is 0 Å². The normalized spacial score (nSPS) is 13.4. The Balaban J connectivity index is 1.48. The predicted octanol–water partition coefficient (Wildman–Crippen LogP) is 2.24. The van der Waals surface area contributed by atoms with Gasteiger partial charge in [-0.05, 0) is 12.1 Å². The highest BCUT2D eigenvalue weighted by Crippen LogP contribution is 2.22. The van der Waals surface area contributed by atoms with Crippen LogP contribution in [0.15, 0.2) is 60.8 Å².